The number of aryl methyl sites for hydroxylation is 1. The average molecular weight is 488 g/mol. The summed E-state index contributed by atoms with van der Waals surface area (Å²) in [7, 11) is -1.82. The average Bonchev–Trinajstić information content (AvgIpc) is 3.28. The minimum Gasteiger partial charge on any atom is -0.352 e. The molecule has 1 saturated carbocycles. The third-order valence-corrected chi connectivity index (χ3v) is 6.89. The van der Waals surface area contributed by atoms with Crippen molar-refractivity contribution in [3.05, 3.63) is 59.9 Å². The highest BCUT2D eigenvalue weighted by Crippen LogP contribution is 2.21. The Balaban J connectivity index is 1.67. The molecule has 2 unspecified atom stereocenters. The Morgan fingerprint density at radius 3 is 2.41 bits per heavy atom. The fourth-order valence-electron chi connectivity index (χ4n) is 3.96. The minimum atomic E-state index is -1.82. The SMILES string of the molecule is Cc1ccc(NC(=O)CS(=O)CC(=O)N(c2cccc(F)c2)C(C)C(=O)NC2CCCC2)cc1. The molecule has 0 radical (unpaired) electrons. The van der Waals surface area contributed by atoms with Crippen LogP contribution < -0.4 is 15.5 Å². The topological polar surface area (TPSA) is 95.6 Å². The van der Waals surface area contributed by atoms with Gasteiger partial charge in [0, 0.05) is 28.2 Å². The highest BCUT2D eigenvalue weighted by atomic mass is 32.2. The summed E-state index contributed by atoms with van der Waals surface area (Å²) in [5, 5.41) is 5.60. The van der Waals surface area contributed by atoms with Crippen molar-refractivity contribution in [3.8, 4) is 0 Å². The molecule has 1 fully saturated rings. The van der Waals surface area contributed by atoms with Crippen LogP contribution in [0.15, 0.2) is 48.5 Å². The maximum absolute atomic E-state index is 13.9. The summed E-state index contributed by atoms with van der Waals surface area (Å²) in [6, 6.07) is 11.6. The van der Waals surface area contributed by atoms with Gasteiger partial charge in [-0.05, 0) is 57.0 Å². The number of hydrogen-bond acceptors (Lipinski definition) is 4. The summed E-state index contributed by atoms with van der Waals surface area (Å²) in [6.07, 6.45) is 3.84. The van der Waals surface area contributed by atoms with Gasteiger partial charge in [0.25, 0.3) is 0 Å². The van der Waals surface area contributed by atoms with Gasteiger partial charge in [0.2, 0.25) is 17.7 Å². The number of carbonyl (C=O) groups is 3. The number of nitrogens with one attached hydrogen (secondary N) is 2. The van der Waals surface area contributed by atoms with E-state index in [9.17, 15) is 23.0 Å². The largest absolute Gasteiger partial charge is 0.352 e. The zero-order chi connectivity index (χ0) is 24.7. The van der Waals surface area contributed by atoms with Gasteiger partial charge in [0.1, 0.15) is 23.4 Å². The summed E-state index contributed by atoms with van der Waals surface area (Å²) in [5.74, 6) is -2.87. The number of amides is 3. The molecule has 9 heteroatoms. The fourth-order valence-corrected chi connectivity index (χ4v) is 4.84. The predicted molar refractivity (Wildman–Crippen MR) is 131 cm³/mol. The fraction of sp³-hybridized carbons (Fsp3) is 0.400. The lowest BCUT2D eigenvalue weighted by Crippen LogP contribution is -2.51. The van der Waals surface area contributed by atoms with Crippen molar-refractivity contribution in [2.45, 2.75) is 51.6 Å². The third-order valence-electron chi connectivity index (χ3n) is 5.74. The van der Waals surface area contributed by atoms with Crippen LogP contribution >= 0.6 is 0 Å². The van der Waals surface area contributed by atoms with Gasteiger partial charge in [0.05, 0.1) is 0 Å². The van der Waals surface area contributed by atoms with E-state index in [1.54, 1.807) is 19.1 Å². The van der Waals surface area contributed by atoms with Crippen LogP contribution in [0, 0.1) is 12.7 Å². The molecular weight excluding hydrogens is 457 g/mol. The third kappa shape index (κ3) is 7.21. The zero-order valence-electron chi connectivity index (χ0n) is 19.4. The summed E-state index contributed by atoms with van der Waals surface area (Å²) in [5.41, 5.74) is 1.80. The molecule has 2 aromatic rings. The van der Waals surface area contributed by atoms with Crippen LogP contribution in [0.4, 0.5) is 15.8 Å². The van der Waals surface area contributed by atoms with Gasteiger partial charge in [-0.15, -0.1) is 0 Å². The molecule has 2 atom stereocenters. The Kier molecular flexibility index (Phi) is 8.92. The lowest BCUT2D eigenvalue weighted by Gasteiger charge is -2.29. The summed E-state index contributed by atoms with van der Waals surface area (Å²) in [6.45, 7) is 3.48. The molecule has 0 spiro atoms. The lowest BCUT2D eigenvalue weighted by atomic mass is 10.1. The monoisotopic (exact) mass is 487 g/mol. The highest BCUT2D eigenvalue weighted by molar-refractivity contribution is 7.86. The number of nitrogens with zero attached hydrogens (tertiary/aromatic N) is 1. The van der Waals surface area contributed by atoms with Gasteiger partial charge in [0.15, 0.2) is 0 Å². The molecule has 2 aromatic carbocycles. The van der Waals surface area contributed by atoms with E-state index in [0.717, 1.165) is 42.2 Å². The first kappa shape index (κ1) is 25.6. The van der Waals surface area contributed by atoms with Crippen LogP contribution in [0.25, 0.3) is 0 Å². The lowest BCUT2D eigenvalue weighted by molar-refractivity contribution is -0.125. The van der Waals surface area contributed by atoms with Gasteiger partial charge < -0.3 is 10.6 Å². The molecule has 2 N–H and O–H groups in total. The van der Waals surface area contributed by atoms with Crippen molar-refractivity contribution < 1.29 is 23.0 Å². The summed E-state index contributed by atoms with van der Waals surface area (Å²) in [4.78, 5) is 39.4. The molecule has 0 bridgehead atoms. The van der Waals surface area contributed by atoms with Crippen LogP contribution in [0.5, 0.6) is 0 Å². The van der Waals surface area contributed by atoms with Crippen LogP contribution in [0.1, 0.15) is 38.2 Å². The standard InChI is InChI=1S/C25H30FN3O4S/c1-17-10-12-21(13-11-17)27-23(30)15-34(33)16-24(31)29(22-9-5-6-19(26)14-22)18(2)25(32)28-20-7-3-4-8-20/h5-6,9-14,18,20H,3-4,7-8,15-16H2,1-2H3,(H,27,30)(H,28,32). The van der Waals surface area contributed by atoms with Crippen LogP contribution in [0.2, 0.25) is 0 Å². The van der Waals surface area contributed by atoms with E-state index in [1.807, 2.05) is 19.1 Å². The number of benzene rings is 2. The van der Waals surface area contributed by atoms with E-state index in [-0.39, 0.29) is 23.4 Å². The van der Waals surface area contributed by atoms with E-state index in [4.69, 9.17) is 0 Å². The van der Waals surface area contributed by atoms with Crippen LogP contribution in [0.3, 0.4) is 0 Å². The molecule has 1 aliphatic carbocycles. The van der Waals surface area contributed by atoms with Crippen molar-refractivity contribution in [2.75, 3.05) is 21.7 Å². The predicted octanol–water partition coefficient (Wildman–Crippen LogP) is 3.30. The van der Waals surface area contributed by atoms with Gasteiger partial charge in [-0.2, -0.15) is 0 Å². The number of carbonyl (C=O) groups excluding carboxylic acids is 3. The van der Waals surface area contributed by atoms with E-state index in [1.165, 1.54) is 18.2 Å². The molecule has 0 saturated heterocycles. The Morgan fingerprint density at radius 1 is 1.09 bits per heavy atom. The molecular formula is C25H30FN3O4S. The maximum Gasteiger partial charge on any atom is 0.243 e. The zero-order valence-corrected chi connectivity index (χ0v) is 20.2. The number of halogens is 1. The van der Waals surface area contributed by atoms with Crippen molar-refractivity contribution in [3.63, 3.8) is 0 Å². The maximum atomic E-state index is 13.9. The summed E-state index contributed by atoms with van der Waals surface area (Å²) >= 11 is 0. The van der Waals surface area contributed by atoms with Crippen molar-refractivity contribution >= 4 is 39.9 Å². The van der Waals surface area contributed by atoms with Crippen molar-refractivity contribution in [2.24, 2.45) is 0 Å². The normalized spacial score (nSPS) is 15.4. The smallest absolute Gasteiger partial charge is 0.243 e. The molecule has 182 valence electrons. The Morgan fingerprint density at radius 2 is 1.76 bits per heavy atom. The summed E-state index contributed by atoms with van der Waals surface area (Å²) < 4.78 is 26.5. The van der Waals surface area contributed by atoms with Gasteiger partial charge in [-0.25, -0.2) is 4.39 Å². The highest BCUT2D eigenvalue weighted by Gasteiger charge is 2.30. The van der Waals surface area contributed by atoms with E-state index in [2.05, 4.69) is 10.6 Å². The molecule has 0 heterocycles. The second-order valence-electron chi connectivity index (χ2n) is 8.55. The Hall–Kier alpha value is -3.07. The van der Waals surface area contributed by atoms with Crippen LogP contribution in [-0.4, -0.2) is 45.5 Å². The molecule has 1 aliphatic rings. The first-order valence-electron chi connectivity index (χ1n) is 11.3. The van der Waals surface area contributed by atoms with E-state index in [0.29, 0.717) is 5.69 Å². The van der Waals surface area contributed by atoms with E-state index < -0.39 is 40.2 Å². The first-order chi connectivity index (χ1) is 16.2. The van der Waals surface area contributed by atoms with Crippen molar-refractivity contribution in [1.82, 2.24) is 5.32 Å². The molecule has 0 aromatic heterocycles. The molecule has 3 rings (SSSR count). The van der Waals surface area contributed by atoms with Gasteiger partial charge in [-0.3, -0.25) is 23.5 Å². The number of rotatable bonds is 9. The number of anilines is 2. The van der Waals surface area contributed by atoms with Crippen molar-refractivity contribution in [1.29, 1.82) is 0 Å². The van der Waals surface area contributed by atoms with Gasteiger partial charge >= 0.3 is 0 Å². The number of hydrogen-bond donors (Lipinski definition) is 2. The second kappa shape index (κ2) is 11.9. The second-order valence-corrected chi connectivity index (χ2v) is 10.0. The van der Waals surface area contributed by atoms with Gasteiger partial charge in [-0.1, -0.05) is 36.6 Å². The molecule has 3 amide bonds. The Bertz CT molecular complexity index is 1050. The first-order valence-corrected chi connectivity index (χ1v) is 12.8. The molecule has 7 nitrogen and oxygen atoms in total. The molecule has 0 aliphatic heterocycles. The quantitative estimate of drug-likeness (QED) is 0.567. The minimum absolute atomic E-state index is 0.0546. The van der Waals surface area contributed by atoms with Crippen LogP contribution in [-0.2, 0) is 25.2 Å². The Labute approximate surface area is 201 Å². The molecule has 34 heavy (non-hydrogen) atoms. The van der Waals surface area contributed by atoms with E-state index >= 15 is 0 Å².